The second-order valence-corrected chi connectivity index (χ2v) is 7.15. The van der Waals surface area contributed by atoms with Crippen LogP contribution in [-0.2, 0) is 10.3 Å². The molecule has 3 amide bonds. The molecule has 2 heterocycles. The molecule has 6 nitrogen and oxygen atoms in total. The fourth-order valence-corrected chi connectivity index (χ4v) is 3.88. The van der Waals surface area contributed by atoms with E-state index in [-0.39, 0.29) is 19.1 Å². The van der Waals surface area contributed by atoms with Crippen LogP contribution in [0.4, 0.5) is 4.79 Å². The molecule has 1 saturated heterocycles. The molecule has 1 unspecified atom stereocenters. The summed E-state index contributed by atoms with van der Waals surface area (Å²) in [5.41, 5.74) is -0.400. The summed E-state index contributed by atoms with van der Waals surface area (Å²) in [4.78, 5) is 26.7. The van der Waals surface area contributed by atoms with E-state index in [0.29, 0.717) is 40.1 Å². The minimum Gasteiger partial charge on any atom is -0.493 e. The molecule has 0 saturated carbocycles. The Morgan fingerprint density at radius 2 is 2.00 bits per heavy atom. The fraction of sp³-hybridized carbons (Fsp3) is 0.263. The lowest BCUT2D eigenvalue weighted by Crippen LogP contribution is -2.47. The van der Waals surface area contributed by atoms with Crippen molar-refractivity contribution < 1.29 is 19.1 Å². The lowest BCUT2D eigenvalue weighted by Gasteiger charge is -2.33. The third-order valence-corrected chi connectivity index (χ3v) is 5.25. The maximum atomic E-state index is 13.1. The molecule has 0 aromatic heterocycles. The summed E-state index contributed by atoms with van der Waals surface area (Å²) in [6.07, 6.45) is 0.384. The number of benzene rings is 2. The second kappa shape index (κ2) is 6.94. The lowest BCUT2D eigenvalue weighted by molar-refractivity contribution is -0.132. The molecule has 27 heavy (non-hydrogen) atoms. The highest BCUT2D eigenvalue weighted by molar-refractivity contribution is 6.35. The van der Waals surface area contributed by atoms with Crippen LogP contribution in [0.1, 0.15) is 12.0 Å². The third-order valence-electron chi connectivity index (χ3n) is 4.72. The highest BCUT2D eigenvalue weighted by Gasteiger charge is 2.54. The molecular weight excluding hydrogens is 391 g/mol. The number of halogens is 2. The number of nitrogens with one attached hydrogen (secondary N) is 1. The number of hydrogen-bond donors (Lipinski definition) is 1. The molecule has 4 rings (SSSR count). The van der Waals surface area contributed by atoms with Crippen molar-refractivity contribution in [3.05, 3.63) is 58.1 Å². The van der Waals surface area contributed by atoms with Crippen LogP contribution in [0.5, 0.6) is 11.5 Å². The SMILES string of the molecule is O=C1NC2(CCOc3ccccc32)C(=O)N1CCOc1ccc(Cl)cc1Cl. The van der Waals surface area contributed by atoms with Gasteiger partial charge in [0, 0.05) is 17.0 Å². The minimum absolute atomic E-state index is 0.106. The molecule has 1 fully saturated rings. The van der Waals surface area contributed by atoms with Crippen molar-refractivity contribution in [2.75, 3.05) is 19.8 Å². The summed E-state index contributed by atoms with van der Waals surface area (Å²) in [7, 11) is 0. The Bertz CT molecular complexity index is 920. The Kier molecular flexibility index (Phi) is 4.61. The Morgan fingerprint density at radius 3 is 2.81 bits per heavy atom. The van der Waals surface area contributed by atoms with Gasteiger partial charge in [-0.2, -0.15) is 0 Å². The van der Waals surface area contributed by atoms with Gasteiger partial charge in [0.05, 0.1) is 18.2 Å². The van der Waals surface area contributed by atoms with Crippen molar-refractivity contribution in [1.29, 1.82) is 0 Å². The van der Waals surface area contributed by atoms with E-state index in [0.717, 1.165) is 0 Å². The maximum Gasteiger partial charge on any atom is 0.325 e. The van der Waals surface area contributed by atoms with Crippen LogP contribution in [0, 0.1) is 0 Å². The molecule has 1 N–H and O–H groups in total. The van der Waals surface area contributed by atoms with E-state index in [1.807, 2.05) is 12.1 Å². The molecule has 2 aliphatic rings. The zero-order chi connectivity index (χ0) is 19.0. The average molecular weight is 407 g/mol. The summed E-state index contributed by atoms with van der Waals surface area (Å²) in [6, 6.07) is 11.7. The fourth-order valence-electron chi connectivity index (χ4n) is 3.41. The largest absolute Gasteiger partial charge is 0.493 e. The first kappa shape index (κ1) is 17.9. The van der Waals surface area contributed by atoms with Gasteiger partial charge in [0.15, 0.2) is 5.54 Å². The molecule has 8 heteroatoms. The van der Waals surface area contributed by atoms with Gasteiger partial charge in [-0.15, -0.1) is 0 Å². The van der Waals surface area contributed by atoms with Crippen LogP contribution in [0.25, 0.3) is 0 Å². The Morgan fingerprint density at radius 1 is 1.19 bits per heavy atom. The van der Waals surface area contributed by atoms with Gasteiger partial charge in [-0.25, -0.2) is 4.79 Å². The van der Waals surface area contributed by atoms with Gasteiger partial charge in [0.2, 0.25) is 0 Å². The highest BCUT2D eigenvalue weighted by Crippen LogP contribution is 2.40. The predicted molar refractivity (Wildman–Crippen MR) is 100 cm³/mol. The number of imide groups is 1. The molecule has 2 aromatic carbocycles. The second-order valence-electron chi connectivity index (χ2n) is 6.31. The van der Waals surface area contributed by atoms with Crippen LogP contribution in [0.2, 0.25) is 10.0 Å². The number of carbonyl (C=O) groups is 2. The van der Waals surface area contributed by atoms with Gasteiger partial charge in [0.25, 0.3) is 5.91 Å². The van der Waals surface area contributed by atoms with Crippen molar-refractivity contribution >= 4 is 35.1 Å². The molecule has 0 radical (unpaired) electrons. The molecule has 2 aliphatic heterocycles. The number of fused-ring (bicyclic) bond motifs is 2. The zero-order valence-electron chi connectivity index (χ0n) is 14.2. The normalized spacial score (nSPS) is 21.0. The summed E-state index contributed by atoms with van der Waals surface area (Å²) >= 11 is 11.9. The van der Waals surface area contributed by atoms with Gasteiger partial charge in [-0.05, 0) is 24.3 Å². The van der Waals surface area contributed by atoms with Gasteiger partial charge >= 0.3 is 6.03 Å². The summed E-state index contributed by atoms with van der Waals surface area (Å²) in [5, 5.41) is 3.72. The van der Waals surface area contributed by atoms with Crippen LogP contribution in [-0.4, -0.2) is 36.6 Å². The van der Waals surface area contributed by atoms with E-state index in [1.165, 1.54) is 4.90 Å². The quantitative estimate of drug-likeness (QED) is 0.787. The first-order chi connectivity index (χ1) is 13.0. The van der Waals surface area contributed by atoms with E-state index in [4.69, 9.17) is 32.7 Å². The topological polar surface area (TPSA) is 67.9 Å². The van der Waals surface area contributed by atoms with Crippen molar-refractivity contribution in [3.8, 4) is 11.5 Å². The first-order valence-electron chi connectivity index (χ1n) is 8.45. The number of rotatable bonds is 4. The molecule has 2 aromatic rings. The van der Waals surface area contributed by atoms with E-state index in [2.05, 4.69) is 5.32 Å². The van der Waals surface area contributed by atoms with Crippen molar-refractivity contribution in [2.45, 2.75) is 12.0 Å². The first-order valence-corrected chi connectivity index (χ1v) is 9.21. The summed E-state index contributed by atoms with van der Waals surface area (Å²) in [5.74, 6) is 0.761. The van der Waals surface area contributed by atoms with Gasteiger partial charge < -0.3 is 14.8 Å². The smallest absolute Gasteiger partial charge is 0.325 e. The van der Waals surface area contributed by atoms with Crippen LogP contribution in [0.3, 0.4) is 0 Å². The van der Waals surface area contributed by atoms with Crippen molar-refractivity contribution in [1.82, 2.24) is 10.2 Å². The van der Waals surface area contributed by atoms with E-state index < -0.39 is 11.6 Å². The van der Waals surface area contributed by atoms with Gasteiger partial charge in [-0.3, -0.25) is 9.69 Å². The Labute approximate surface area is 165 Å². The van der Waals surface area contributed by atoms with Crippen molar-refractivity contribution in [2.24, 2.45) is 0 Å². The predicted octanol–water partition coefficient (Wildman–Crippen LogP) is 3.60. The Hall–Kier alpha value is -2.44. The van der Waals surface area contributed by atoms with E-state index in [1.54, 1.807) is 30.3 Å². The number of amides is 3. The Balaban J connectivity index is 1.49. The lowest BCUT2D eigenvalue weighted by atomic mass is 9.84. The number of nitrogens with zero attached hydrogens (tertiary/aromatic N) is 1. The van der Waals surface area contributed by atoms with Gasteiger partial charge in [0.1, 0.15) is 18.1 Å². The highest BCUT2D eigenvalue weighted by atomic mass is 35.5. The number of para-hydroxylation sites is 1. The number of ether oxygens (including phenoxy) is 2. The monoisotopic (exact) mass is 406 g/mol. The molecular formula is C19H16Cl2N2O4. The van der Waals surface area contributed by atoms with Crippen LogP contribution in [0.15, 0.2) is 42.5 Å². The third kappa shape index (κ3) is 3.09. The summed E-state index contributed by atoms with van der Waals surface area (Å²) in [6.45, 7) is 0.580. The van der Waals surface area contributed by atoms with E-state index in [9.17, 15) is 9.59 Å². The standard InChI is InChI=1S/C19H16Cl2N2O4/c20-12-5-6-16(14(21)11-12)27-10-8-23-17(24)19(22-18(23)25)7-9-26-15-4-2-1-3-13(15)19/h1-6,11H,7-10H2,(H,22,25). The van der Waals surface area contributed by atoms with Crippen LogP contribution < -0.4 is 14.8 Å². The molecule has 0 aliphatic carbocycles. The molecule has 1 spiro atoms. The van der Waals surface area contributed by atoms with Crippen molar-refractivity contribution in [3.63, 3.8) is 0 Å². The summed E-state index contributed by atoms with van der Waals surface area (Å²) < 4.78 is 11.2. The average Bonchev–Trinajstić information content (AvgIpc) is 2.88. The maximum absolute atomic E-state index is 13.1. The number of urea groups is 1. The number of hydrogen-bond acceptors (Lipinski definition) is 4. The molecule has 140 valence electrons. The molecule has 0 bridgehead atoms. The zero-order valence-corrected chi connectivity index (χ0v) is 15.7. The van der Waals surface area contributed by atoms with Crippen LogP contribution >= 0.6 is 23.2 Å². The van der Waals surface area contributed by atoms with E-state index >= 15 is 0 Å². The number of carbonyl (C=O) groups excluding carboxylic acids is 2. The van der Waals surface area contributed by atoms with Gasteiger partial charge in [-0.1, -0.05) is 41.4 Å². The molecule has 1 atom stereocenters. The minimum atomic E-state index is -1.08.